The van der Waals surface area contributed by atoms with Crippen LogP contribution < -0.4 is 0 Å². The predicted molar refractivity (Wildman–Crippen MR) is 99.0 cm³/mol. The average molecular weight is 388 g/mol. The van der Waals surface area contributed by atoms with E-state index < -0.39 is 29.0 Å². The molecule has 0 aliphatic carbocycles. The molecular formula is C17H20BF3O2S2. The highest BCUT2D eigenvalue weighted by atomic mass is 32.2. The normalized spacial score (nSPS) is 21.0. The first kappa shape index (κ1) is 19.1. The van der Waals surface area contributed by atoms with Crippen molar-refractivity contribution in [1.29, 1.82) is 0 Å². The van der Waals surface area contributed by atoms with Crippen LogP contribution in [0.3, 0.4) is 0 Å². The predicted octanol–water partition coefficient (Wildman–Crippen LogP) is 5.70. The van der Waals surface area contributed by atoms with Gasteiger partial charge in [0.25, 0.3) is 0 Å². The number of thiophene rings is 1. The Labute approximate surface area is 154 Å². The second kappa shape index (κ2) is 6.48. The summed E-state index contributed by atoms with van der Waals surface area (Å²) in [5.74, 6) is 0. The van der Waals surface area contributed by atoms with E-state index in [0.29, 0.717) is 0 Å². The lowest BCUT2D eigenvalue weighted by atomic mass is 9.82. The minimum absolute atomic E-state index is 0.0380. The van der Waals surface area contributed by atoms with Crippen molar-refractivity contribution in [2.75, 3.05) is 0 Å². The van der Waals surface area contributed by atoms with E-state index in [1.54, 1.807) is 0 Å². The van der Waals surface area contributed by atoms with Gasteiger partial charge in [-0.2, -0.15) is 13.2 Å². The van der Waals surface area contributed by atoms with Crippen LogP contribution in [-0.4, -0.2) is 29.0 Å². The fourth-order valence-corrected chi connectivity index (χ4v) is 4.80. The van der Waals surface area contributed by atoms with E-state index in [2.05, 4.69) is 0 Å². The van der Waals surface area contributed by atoms with Gasteiger partial charge in [-0.1, -0.05) is 18.2 Å². The average Bonchev–Trinajstić information content (AvgIpc) is 2.94. The first-order valence-corrected chi connectivity index (χ1v) is 9.74. The number of thioether (sulfide) groups is 1. The largest absolute Gasteiger partial charge is 0.472 e. The topological polar surface area (TPSA) is 18.5 Å². The molecule has 0 N–H and O–H groups in total. The minimum Gasteiger partial charge on any atom is -0.402 e. The fraction of sp³-hybridized carbons (Fsp3) is 0.529. The third-order valence-corrected chi connectivity index (χ3v) is 6.84. The molecule has 2 heterocycles. The molecule has 1 aliphatic rings. The van der Waals surface area contributed by atoms with Crippen LogP contribution in [0.5, 0.6) is 0 Å². The lowest BCUT2D eigenvalue weighted by Crippen LogP contribution is -2.41. The molecule has 2 nitrogen and oxygen atoms in total. The Kier molecular flexibility index (Phi) is 4.94. The highest BCUT2D eigenvalue weighted by molar-refractivity contribution is 8.02. The Morgan fingerprint density at radius 3 is 2.28 bits per heavy atom. The van der Waals surface area contributed by atoms with Crippen LogP contribution in [0.2, 0.25) is 0 Å². The van der Waals surface area contributed by atoms with Gasteiger partial charge in [0.2, 0.25) is 0 Å². The second-order valence-electron chi connectivity index (χ2n) is 7.18. The molecule has 1 aromatic carbocycles. The zero-order valence-corrected chi connectivity index (χ0v) is 16.1. The molecule has 0 spiro atoms. The number of rotatable bonds is 4. The lowest BCUT2D eigenvalue weighted by Gasteiger charge is -2.32. The Hall–Kier alpha value is -0.695. The molecule has 1 aromatic heterocycles. The van der Waals surface area contributed by atoms with Crippen molar-refractivity contribution in [3.05, 3.63) is 35.2 Å². The maximum atomic E-state index is 13.1. The van der Waals surface area contributed by atoms with Crippen LogP contribution in [0.4, 0.5) is 13.2 Å². The molecule has 1 fully saturated rings. The zero-order valence-electron chi connectivity index (χ0n) is 14.5. The van der Waals surface area contributed by atoms with Gasteiger partial charge in [-0.25, -0.2) is 0 Å². The first-order valence-electron chi connectivity index (χ1n) is 8.04. The summed E-state index contributed by atoms with van der Waals surface area (Å²) in [7, 11) is -0.901. The van der Waals surface area contributed by atoms with Crippen molar-refractivity contribution in [1.82, 2.24) is 0 Å². The van der Waals surface area contributed by atoms with Gasteiger partial charge in [0.1, 0.15) is 0 Å². The number of hydrogen-bond donors (Lipinski definition) is 0. The van der Waals surface area contributed by atoms with Gasteiger partial charge in [0, 0.05) is 9.58 Å². The summed E-state index contributed by atoms with van der Waals surface area (Å²) >= 11 is 1.48. The molecule has 8 heteroatoms. The van der Waals surface area contributed by atoms with E-state index in [-0.39, 0.29) is 18.2 Å². The molecule has 0 saturated carbocycles. The summed E-state index contributed by atoms with van der Waals surface area (Å²) in [6.07, 6.45) is 0.250. The minimum atomic E-state index is -4.34. The second-order valence-corrected chi connectivity index (χ2v) is 9.65. The number of hydrogen-bond acceptors (Lipinski definition) is 4. The molecule has 1 aliphatic heterocycles. The van der Waals surface area contributed by atoms with Crippen LogP contribution in [0.15, 0.2) is 30.3 Å². The molecule has 1 unspecified atom stereocenters. The summed E-state index contributed by atoms with van der Waals surface area (Å²) in [6, 6.07) is 9.75. The number of fused-ring (bicyclic) bond motifs is 1. The van der Waals surface area contributed by atoms with Gasteiger partial charge >= 0.3 is 12.6 Å². The molecule has 25 heavy (non-hydrogen) atoms. The van der Waals surface area contributed by atoms with Gasteiger partial charge in [-0.3, -0.25) is 0 Å². The Bertz CT molecular complexity index is 709. The molecule has 1 atom stereocenters. The molecule has 0 bridgehead atoms. The third-order valence-electron chi connectivity index (χ3n) is 4.74. The van der Waals surface area contributed by atoms with E-state index in [4.69, 9.17) is 9.31 Å². The summed E-state index contributed by atoms with van der Waals surface area (Å²) in [5, 5.41) is 0.196. The number of alkyl halides is 3. The molecule has 0 amide bonds. The van der Waals surface area contributed by atoms with Crippen molar-refractivity contribution in [3.63, 3.8) is 0 Å². The van der Waals surface area contributed by atoms with Crippen LogP contribution in [0, 0.1) is 0 Å². The van der Waals surface area contributed by atoms with Gasteiger partial charge in [0.15, 0.2) is 0 Å². The Balaban J connectivity index is 1.85. The van der Waals surface area contributed by atoms with Gasteiger partial charge < -0.3 is 9.31 Å². The van der Waals surface area contributed by atoms with Crippen LogP contribution >= 0.6 is 23.1 Å². The Morgan fingerprint density at radius 1 is 1.12 bits per heavy atom. The van der Waals surface area contributed by atoms with E-state index >= 15 is 0 Å². The number of halogens is 3. The quantitative estimate of drug-likeness (QED) is 0.627. The Morgan fingerprint density at radius 2 is 1.72 bits per heavy atom. The van der Waals surface area contributed by atoms with Gasteiger partial charge in [-0.05, 0) is 63.4 Å². The molecule has 1 saturated heterocycles. The van der Waals surface area contributed by atoms with Crippen LogP contribution in [0.1, 0.15) is 32.6 Å². The summed E-state index contributed by atoms with van der Waals surface area (Å²) in [4.78, 5) is 0.901. The summed E-state index contributed by atoms with van der Waals surface area (Å²) in [5.41, 5.74) is -5.64. The lowest BCUT2D eigenvalue weighted by molar-refractivity contribution is -0.0332. The summed E-state index contributed by atoms with van der Waals surface area (Å²) < 4.78 is 52.2. The highest BCUT2D eigenvalue weighted by Gasteiger charge is 2.55. The summed E-state index contributed by atoms with van der Waals surface area (Å²) in [6.45, 7) is 7.40. The molecule has 2 aromatic rings. The van der Waals surface area contributed by atoms with Gasteiger partial charge in [-0.15, -0.1) is 11.3 Å². The van der Waals surface area contributed by atoms with Crippen molar-refractivity contribution >= 4 is 40.3 Å². The zero-order chi connectivity index (χ0) is 18.5. The van der Waals surface area contributed by atoms with Crippen molar-refractivity contribution < 1.29 is 22.5 Å². The maximum absolute atomic E-state index is 13.1. The van der Waals surface area contributed by atoms with Crippen molar-refractivity contribution in [2.24, 2.45) is 0 Å². The first-order chi connectivity index (χ1) is 11.5. The van der Waals surface area contributed by atoms with Gasteiger partial charge in [0.05, 0.1) is 16.4 Å². The molecule has 3 rings (SSSR count). The van der Waals surface area contributed by atoms with Crippen LogP contribution in [0.25, 0.3) is 10.1 Å². The van der Waals surface area contributed by atoms with Crippen molar-refractivity contribution in [2.45, 2.75) is 56.0 Å². The van der Waals surface area contributed by atoms with E-state index in [1.807, 2.05) is 58.0 Å². The third kappa shape index (κ3) is 4.18. The van der Waals surface area contributed by atoms with Crippen molar-refractivity contribution in [3.8, 4) is 0 Å². The molecule has 0 radical (unpaired) electrons. The molecular weight excluding hydrogens is 368 g/mol. The smallest absolute Gasteiger partial charge is 0.402 e. The number of benzene rings is 1. The SMILES string of the molecule is CC1(C)OB(C(Cc2cc3ccccc3s2)SC(F)(F)F)OC1(C)C. The van der Waals surface area contributed by atoms with Crippen LogP contribution in [-0.2, 0) is 15.7 Å². The van der Waals surface area contributed by atoms with E-state index in [9.17, 15) is 13.2 Å². The standard InChI is InChI=1S/C17H20BF3O2S2/c1-15(2)16(3,4)23-18(22-15)14(25-17(19,20)21)10-12-9-11-7-5-6-8-13(11)24-12/h5-9,14H,10H2,1-4H3. The maximum Gasteiger partial charge on any atom is 0.472 e. The van der Waals surface area contributed by atoms with E-state index in [0.717, 1.165) is 15.0 Å². The van der Waals surface area contributed by atoms with E-state index in [1.165, 1.54) is 11.3 Å². The highest BCUT2D eigenvalue weighted by Crippen LogP contribution is 2.44. The monoisotopic (exact) mass is 388 g/mol. The fourth-order valence-electron chi connectivity index (χ4n) is 2.74. The molecule has 136 valence electrons.